The largest absolute Gasteiger partial charge is 0.419 e. The lowest BCUT2D eigenvalue weighted by Crippen LogP contribution is -2.38. The molecule has 0 N–H and O–H groups in total. The molecule has 0 bridgehead atoms. The topological polar surface area (TPSA) is 66.4 Å². The minimum Gasteiger partial charge on any atom is -0.356 e. The molecule has 0 spiro atoms. The molecule has 286 valence electrons. The molecule has 0 saturated carbocycles. The number of carbonyl (C=O) groups excluding carboxylic acids is 2. The molecule has 2 aromatic heterocycles. The molecule has 2 aliphatic heterocycles. The van der Waals surface area contributed by atoms with E-state index in [2.05, 4.69) is 28.7 Å². The third kappa shape index (κ3) is 8.78. The van der Waals surface area contributed by atoms with E-state index < -0.39 is 11.7 Å². The van der Waals surface area contributed by atoms with E-state index in [9.17, 15) is 22.8 Å². The highest BCUT2D eigenvalue weighted by Crippen LogP contribution is 2.40. The number of hydrogen-bond acceptors (Lipinski definition) is 6. The monoisotopic (exact) mass is 738 g/mol. The van der Waals surface area contributed by atoms with Gasteiger partial charge < -0.3 is 9.80 Å². The van der Waals surface area contributed by atoms with Crippen molar-refractivity contribution in [3.05, 3.63) is 101 Å². The number of aryl methyl sites for hydroxylation is 1. The summed E-state index contributed by atoms with van der Waals surface area (Å²) in [6.07, 6.45) is 5.36. The van der Waals surface area contributed by atoms with Gasteiger partial charge in [0.25, 0.3) is 0 Å². The summed E-state index contributed by atoms with van der Waals surface area (Å²) in [5.41, 5.74) is 6.86. The van der Waals surface area contributed by atoms with Crippen molar-refractivity contribution in [2.24, 2.45) is 11.8 Å². The van der Waals surface area contributed by atoms with E-state index in [1.807, 2.05) is 74.3 Å². The Hall–Kier alpha value is -4.37. The number of anilines is 1. The van der Waals surface area contributed by atoms with Crippen LogP contribution in [0, 0.1) is 18.8 Å². The Labute approximate surface area is 318 Å². The Balaban J connectivity index is 1.05. The molecule has 0 radical (unpaired) electrons. The van der Waals surface area contributed by atoms with Gasteiger partial charge in [0.05, 0.1) is 5.56 Å². The summed E-state index contributed by atoms with van der Waals surface area (Å²) in [4.78, 5) is 38.2. The van der Waals surface area contributed by atoms with E-state index >= 15 is 0 Å². The molecule has 2 saturated heterocycles. The van der Waals surface area contributed by atoms with Gasteiger partial charge in [0.15, 0.2) is 11.6 Å². The lowest BCUT2D eigenvalue weighted by molar-refractivity contribution is -0.137. The SMILES string of the molecule is CC(=O)c1ccc(C2CCN(CCC3CCN(c4ncc(-c5ccc(-c6cnccc6C(C)C)c(C)c5)cc4C(F)(F)F)CC3)CC2)cc1C(=O)C(C)C. The average molecular weight is 739 g/mol. The average Bonchev–Trinajstić information content (AvgIpc) is 3.16. The number of benzene rings is 2. The van der Waals surface area contributed by atoms with E-state index in [4.69, 9.17) is 0 Å². The van der Waals surface area contributed by atoms with E-state index in [1.54, 1.807) is 12.4 Å². The van der Waals surface area contributed by atoms with Gasteiger partial charge >= 0.3 is 6.18 Å². The molecular weight excluding hydrogens is 686 g/mol. The van der Waals surface area contributed by atoms with Gasteiger partial charge in [-0.05, 0) is 129 Å². The molecule has 9 heteroatoms. The van der Waals surface area contributed by atoms with Crippen LogP contribution in [-0.2, 0) is 6.18 Å². The first kappa shape index (κ1) is 39.3. The number of pyridine rings is 2. The molecule has 4 aromatic rings. The normalized spacial score (nSPS) is 16.4. The van der Waals surface area contributed by atoms with E-state index in [0.717, 1.165) is 74.0 Å². The number of carbonyl (C=O) groups is 2. The summed E-state index contributed by atoms with van der Waals surface area (Å²) in [7, 11) is 0. The highest BCUT2D eigenvalue weighted by atomic mass is 19.4. The molecule has 0 unspecified atom stereocenters. The molecule has 0 amide bonds. The molecule has 6 nitrogen and oxygen atoms in total. The summed E-state index contributed by atoms with van der Waals surface area (Å²) in [6, 6.07) is 14.9. The zero-order chi connectivity index (χ0) is 38.7. The molecule has 6 rings (SSSR count). The maximum Gasteiger partial charge on any atom is 0.419 e. The number of nitrogens with zero attached hydrogens (tertiary/aromatic N) is 4. The summed E-state index contributed by atoms with van der Waals surface area (Å²) in [5.74, 6) is 0.874. The Kier molecular flexibility index (Phi) is 12.1. The Morgan fingerprint density at radius 2 is 1.56 bits per heavy atom. The standard InChI is InChI=1S/C45H53F3N4O2/c1-28(2)37-11-17-49-27-41(37)38-9-7-34(23-30(38)5)36-25-42(45(46,47)48)44(50-26-36)52-21-13-32(14-22-52)12-18-51-19-15-33(16-20-51)35-8-10-39(31(6)53)40(24-35)43(54)29(3)4/h7-11,17,23-29,32-33H,12-16,18-22H2,1-6H3. The minimum absolute atomic E-state index is 0.00596. The zero-order valence-corrected chi connectivity index (χ0v) is 32.5. The van der Waals surface area contributed by atoms with Crippen molar-refractivity contribution < 1.29 is 22.8 Å². The quantitative estimate of drug-likeness (QED) is 0.143. The predicted octanol–water partition coefficient (Wildman–Crippen LogP) is 10.8. The number of aromatic nitrogens is 2. The lowest BCUT2D eigenvalue weighted by Gasteiger charge is -2.36. The number of ketones is 2. The maximum atomic E-state index is 14.6. The van der Waals surface area contributed by atoms with Crippen LogP contribution in [0.15, 0.2) is 67.1 Å². The number of hydrogen-bond donors (Lipinski definition) is 0. The molecule has 4 heterocycles. The van der Waals surface area contributed by atoms with E-state index in [-0.39, 0.29) is 23.3 Å². The Morgan fingerprint density at radius 1 is 0.833 bits per heavy atom. The van der Waals surface area contributed by atoms with Crippen molar-refractivity contribution in [1.29, 1.82) is 0 Å². The first-order valence-electron chi connectivity index (χ1n) is 19.5. The van der Waals surface area contributed by atoms with Gasteiger partial charge in [-0.3, -0.25) is 14.6 Å². The fourth-order valence-corrected chi connectivity index (χ4v) is 8.28. The van der Waals surface area contributed by atoms with E-state index in [1.165, 1.54) is 18.6 Å². The van der Waals surface area contributed by atoms with Crippen LogP contribution in [-0.4, -0.2) is 59.2 Å². The summed E-state index contributed by atoms with van der Waals surface area (Å²) >= 11 is 0. The molecule has 54 heavy (non-hydrogen) atoms. The number of halogens is 3. The van der Waals surface area contributed by atoms with Crippen LogP contribution in [0.5, 0.6) is 0 Å². The third-order valence-electron chi connectivity index (χ3n) is 11.5. The fraction of sp³-hybridized carbons (Fsp3) is 0.467. The van der Waals surface area contributed by atoms with Gasteiger partial charge in [-0.15, -0.1) is 0 Å². The second-order valence-corrected chi connectivity index (χ2v) is 16.0. The van der Waals surface area contributed by atoms with Crippen molar-refractivity contribution in [2.75, 3.05) is 37.6 Å². The second-order valence-electron chi connectivity index (χ2n) is 16.0. The van der Waals surface area contributed by atoms with E-state index in [0.29, 0.717) is 53.1 Å². The van der Waals surface area contributed by atoms with Crippen molar-refractivity contribution >= 4 is 17.4 Å². The Bertz CT molecular complexity index is 1970. The molecule has 2 aromatic carbocycles. The van der Waals surface area contributed by atoms with Crippen LogP contribution in [0.25, 0.3) is 22.3 Å². The number of rotatable bonds is 11. The fourth-order valence-electron chi connectivity index (χ4n) is 8.28. The van der Waals surface area contributed by atoms with Crippen LogP contribution in [0.1, 0.15) is 122 Å². The molecular formula is C45H53F3N4O2. The first-order chi connectivity index (χ1) is 25.7. The maximum absolute atomic E-state index is 14.6. The number of likely N-dealkylation sites (tertiary alicyclic amines) is 1. The molecule has 2 fully saturated rings. The zero-order valence-electron chi connectivity index (χ0n) is 32.5. The van der Waals surface area contributed by atoms with Gasteiger partial charge in [0.1, 0.15) is 5.82 Å². The molecule has 0 atom stereocenters. The van der Waals surface area contributed by atoms with Crippen LogP contribution in [0.4, 0.5) is 19.0 Å². The predicted molar refractivity (Wildman–Crippen MR) is 210 cm³/mol. The highest BCUT2D eigenvalue weighted by Gasteiger charge is 2.37. The second kappa shape index (κ2) is 16.6. The van der Waals surface area contributed by atoms with Gasteiger partial charge in [0.2, 0.25) is 0 Å². The molecule has 0 aliphatic carbocycles. The summed E-state index contributed by atoms with van der Waals surface area (Å²) in [6.45, 7) is 15.5. The summed E-state index contributed by atoms with van der Waals surface area (Å²) < 4.78 is 43.7. The van der Waals surface area contributed by atoms with Crippen LogP contribution >= 0.6 is 0 Å². The summed E-state index contributed by atoms with van der Waals surface area (Å²) in [5, 5.41) is 0. The van der Waals surface area contributed by atoms with Crippen molar-refractivity contribution in [2.45, 2.75) is 91.7 Å². The number of piperidine rings is 2. The molecule has 2 aliphatic rings. The third-order valence-corrected chi connectivity index (χ3v) is 11.5. The van der Waals surface area contributed by atoms with Crippen LogP contribution in [0.3, 0.4) is 0 Å². The lowest BCUT2D eigenvalue weighted by atomic mass is 9.85. The smallest absolute Gasteiger partial charge is 0.356 e. The number of Topliss-reactive ketones (excluding diaryl/α,β-unsaturated/α-hetero) is 2. The highest BCUT2D eigenvalue weighted by molar-refractivity contribution is 6.08. The van der Waals surface area contributed by atoms with Crippen molar-refractivity contribution in [3.63, 3.8) is 0 Å². The van der Waals surface area contributed by atoms with Gasteiger partial charge in [-0.2, -0.15) is 13.2 Å². The van der Waals surface area contributed by atoms with Crippen molar-refractivity contribution in [3.8, 4) is 22.3 Å². The van der Waals surface area contributed by atoms with Crippen LogP contribution in [0.2, 0.25) is 0 Å². The van der Waals surface area contributed by atoms with Gasteiger partial charge in [-0.25, -0.2) is 4.98 Å². The Morgan fingerprint density at radius 3 is 2.19 bits per heavy atom. The first-order valence-corrected chi connectivity index (χ1v) is 19.5. The van der Waals surface area contributed by atoms with Gasteiger partial charge in [0, 0.05) is 59.9 Å². The van der Waals surface area contributed by atoms with Crippen LogP contribution < -0.4 is 4.90 Å². The minimum atomic E-state index is -4.53. The van der Waals surface area contributed by atoms with Crippen molar-refractivity contribution in [1.82, 2.24) is 14.9 Å². The number of alkyl halides is 3. The van der Waals surface area contributed by atoms with Gasteiger partial charge in [-0.1, -0.05) is 58.0 Å².